The molecule has 0 aliphatic rings. The van der Waals surface area contributed by atoms with E-state index in [0.717, 1.165) is 0 Å². The van der Waals surface area contributed by atoms with Crippen molar-refractivity contribution in [2.24, 2.45) is 0 Å². The van der Waals surface area contributed by atoms with Crippen LogP contribution >= 0.6 is 9.24 Å². The van der Waals surface area contributed by atoms with E-state index in [9.17, 15) is 4.39 Å². The summed E-state index contributed by atoms with van der Waals surface area (Å²) in [5.41, 5.74) is 0. The average molecular weight is 118 g/mol. The molecule has 0 radical (unpaired) electrons. The van der Waals surface area contributed by atoms with Crippen LogP contribution in [0, 0.1) is 0 Å². The van der Waals surface area contributed by atoms with Crippen LogP contribution in [-0.2, 0) is 0 Å². The van der Waals surface area contributed by atoms with Crippen LogP contribution in [0.5, 0.6) is 0 Å². The summed E-state index contributed by atoms with van der Waals surface area (Å²) in [4.78, 5) is 0. The number of rotatable bonds is 1. The first-order valence-corrected chi connectivity index (χ1v) is 2.52. The molecule has 0 N–H and O–H groups in total. The molecule has 7 heavy (non-hydrogen) atoms. The van der Waals surface area contributed by atoms with E-state index in [-0.39, 0.29) is 5.83 Å². The minimum Gasteiger partial charge on any atom is -0.207 e. The average Bonchev–Trinajstić information content (AvgIpc) is 1.65. The van der Waals surface area contributed by atoms with Crippen molar-refractivity contribution in [1.82, 2.24) is 0 Å². The van der Waals surface area contributed by atoms with E-state index < -0.39 is 0 Å². The largest absolute Gasteiger partial charge is 0.207 e. The molecular formula is C5H8FP. The van der Waals surface area contributed by atoms with Crippen LogP contribution in [0.4, 0.5) is 4.39 Å². The highest BCUT2D eigenvalue weighted by atomic mass is 31.0. The first-order valence-electron chi connectivity index (χ1n) is 1.95. The SMILES string of the molecule is C=C(F)/C(P)=C\C. The van der Waals surface area contributed by atoms with Crippen molar-refractivity contribution in [3.05, 3.63) is 23.8 Å². The van der Waals surface area contributed by atoms with Gasteiger partial charge in [0.15, 0.2) is 0 Å². The molecule has 0 nitrogen and oxygen atoms in total. The van der Waals surface area contributed by atoms with Crippen molar-refractivity contribution in [3.63, 3.8) is 0 Å². The molecule has 40 valence electrons. The van der Waals surface area contributed by atoms with Gasteiger partial charge in [0.05, 0.1) is 0 Å². The summed E-state index contributed by atoms with van der Waals surface area (Å²) >= 11 is 0. The van der Waals surface area contributed by atoms with E-state index in [1.165, 1.54) is 0 Å². The predicted molar refractivity (Wildman–Crippen MR) is 33.7 cm³/mol. The van der Waals surface area contributed by atoms with E-state index in [0.29, 0.717) is 5.31 Å². The molecule has 2 heteroatoms. The summed E-state index contributed by atoms with van der Waals surface area (Å²) in [6, 6.07) is 0. The Balaban J connectivity index is 3.82. The van der Waals surface area contributed by atoms with Crippen molar-refractivity contribution in [2.75, 3.05) is 0 Å². The van der Waals surface area contributed by atoms with Gasteiger partial charge in [-0.2, -0.15) is 0 Å². The lowest BCUT2D eigenvalue weighted by atomic mass is 10.5. The van der Waals surface area contributed by atoms with E-state index >= 15 is 0 Å². The number of hydrogen-bond acceptors (Lipinski definition) is 0. The van der Waals surface area contributed by atoms with Gasteiger partial charge in [-0.3, -0.25) is 0 Å². The van der Waals surface area contributed by atoms with Crippen LogP contribution in [0.15, 0.2) is 23.8 Å². The Morgan fingerprint density at radius 1 is 1.86 bits per heavy atom. The van der Waals surface area contributed by atoms with E-state index in [4.69, 9.17) is 0 Å². The van der Waals surface area contributed by atoms with Crippen LogP contribution < -0.4 is 0 Å². The number of allylic oxidation sites excluding steroid dienone is 3. The zero-order valence-electron chi connectivity index (χ0n) is 4.24. The smallest absolute Gasteiger partial charge is 0.122 e. The quantitative estimate of drug-likeness (QED) is 0.366. The van der Waals surface area contributed by atoms with Gasteiger partial charge >= 0.3 is 0 Å². The normalized spacial score (nSPS) is 11.6. The highest BCUT2D eigenvalue weighted by Crippen LogP contribution is 2.14. The Bertz CT molecular complexity index is 105. The Morgan fingerprint density at radius 3 is 2.29 bits per heavy atom. The Labute approximate surface area is 45.3 Å². The second-order valence-corrected chi connectivity index (χ2v) is 1.77. The third kappa shape index (κ3) is 2.52. The highest BCUT2D eigenvalue weighted by Gasteiger charge is 1.87. The summed E-state index contributed by atoms with van der Waals surface area (Å²) in [5, 5.41) is 0.528. The molecule has 0 aromatic rings. The van der Waals surface area contributed by atoms with E-state index in [2.05, 4.69) is 15.8 Å². The molecule has 0 spiro atoms. The molecular weight excluding hydrogens is 110 g/mol. The van der Waals surface area contributed by atoms with Crippen molar-refractivity contribution >= 4 is 9.24 Å². The number of halogens is 1. The molecule has 0 fully saturated rings. The fourth-order valence-electron chi connectivity index (χ4n) is 0.157. The molecule has 0 aromatic carbocycles. The molecule has 0 saturated carbocycles. The molecule has 0 rings (SSSR count). The topological polar surface area (TPSA) is 0 Å². The van der Waals surface area contributed by atoms with Crippen LogP contribution in [0.2, 0.25) is 0 Å². The van der Waals surface area contributed by atoms with E-state index in [1.54, 1.807) is 13.0 Å². The third-order valence-electron chi connectivity index (χ3n) is 0.624. The lowest BCUT2D eigenvalue weighted by Crippen LogP contribution is -1.63. The minimum atomic E-state index is -0.382. The van der Waals surface area contributed by atoms with Gasteiger partial charge in [-0.05, 0) is 6.92 Å². The molecule has 0 bridgehead atoms. The summed E-state index contributed by atoms with van der Waals surface area (Å²) in [6.07, 6.45) is 1.65. The highest BCUT2D eigenvalue weighted by molar-refractivity contribution is 7.23. The van der Waals surface area contributed by atoms with Gasteiger partial charge in [0.2, 0.25) is 0 Å². The second kappa shape index (κ2) is 2.92. The van der Waals surface area contributed by atoms with Gasteiger partial charge < -0.3 is 0 Å². The summed E-state index contributed by atoms with van der Waals surface area (Å²) in [7, 11) is 2.24. The van der Waals surface area contributed by atoms with Crippen LogP contribution in [0.1, 0.15) is 6.92 Å². The van der Waals surface area contributed by atoms with Crippen molar-refractivity contribution < 1.29 is 4.39 Å². The van der Waals surface area contributed by atoms with Crippen molar-refractivity contribution in [1.29, 1.82) is 0 Å². The Kier molecular flexibility index (Phi) is 2.86. The van der Waals surface area contributed by atoms with Gasteiger partial charge in [0.1, 0.15) is 5.83 Å². The second-order valence-electron chi connectivity index (χ2n) is 1.15. The van der Waals surface area contributed by atoms with Gasteiger partial charge in [0, 0.05) is 5.31 Å². The third-order valence-corrected chi connectivity index (χ3v) is 1.27. The maximum Gasteiger partial charge on any atom is 0.122 e. The maximum absolute atomic E-state index is 11.8. The first kappa shape index (κ1) is 6.84. The predicted octanol–water partition coefficient (Wildman–Crippen LogP) is 2.25. The van der Waals surface area contributed by atoms with Gasteiger partial charge in [0.25, 0.3) is 0 Å². The lowest BCUT2D eigenvalue weighted by Gasteiger charge is -1.87. The van der Waals surface area contributed by atoms with Crippen LogP contribution in [0.25, 0.3) is 0 Å². The Morgan fingerprint density at radius 2 is 2.29 bits per heavy atom. The molecule has 1 atom stereocenters. The van der Waals surface area contributed by atoms with E-state index in [1.807, 2.05) is 0 Å². The summed E-state index contributed by atoms with van der Waals surface area (Å²) in [6.45, 7) is 4.83. The van der Waals surface area contributed by atoms with Gasteiger partial charge in [-0.15, -0.1) is 9.24 Å². The fourth-order valence-corrected chi connectivity index (χ4v) is 0.157. The van der Waals surface area contributed by atoms with Gasteiger partial charge in [-0.1, -0.05) is 12.7 Å². The first-order chi connectivity index (χ1) is 3.18. The molecule has 0 saturated heterocycles. The van der Waals surface area contributed by atoms with Gasteiger partial charge in [-0.25, -0.2) is 4.39 Å². The molecule has 0 aliphatic carbocycles. The Hall–Kier alpha value is -0.160. The fraction of sp³-hybridized carbons (Fsp3) is 0.200. The van der Waals surface area contributed by atoms with Crippen molar-refractivity contribution in [2.45, 2.75) is 6.92 Å². The monoisotopic (exact) mass is 118 g/mol. The minimum absolute atomic E-state index is 0.382. The summed E-state index contributed by atoms with van der Waals surface area (Å²) in [5.74, 6) is -0.382. The zero-order chi connectivity index (χ0) is 5.86. The molecule has 0 aromatic heterocycles. The maximum atomic E-state index is 11.8. The summed E-state index contributed by atoms with van der Waals surface area (Å²) < 4.78 is 11.8. The number of hydrogen-bond donors (Lipinski definition) is 0. The van der Waals surface area contributed by atoms with Crippen LogP contribution in [-0.4, -0.2) is 0 Å². The molecule has 0 heterocycles. The lowest BCUT2D eigenvalue weighted by molar-refractivity contribution is 0.667. The molecule has 0 aliphatic heterocycles. The zero-order valence-corrected chi connectivity index (χ0v) is 5.39. The van der Waals surface area contributed by atoms with Crippen molar-refractivity contribution in [3.8, 4) is 0 Å². The van der Waals surface area contributed by atoms with Crippen LogP contribution in [0.3, 0.4) is 0 Å². The standard InChI is InChI=1S/C5H8FP/c1-3-5(7)4(2)6/h3H,2,7H2,1H3/b5-3+. The molecule has 0 amide bonds. The molecule has 1 unspecified atom stereocenters.